The fourth-order valence-electron chi connectivity index (χ4n) is 3.22. The van der Waals surface area contributed by atoms with E-state index in [1.165, 1.54) is 32.8 Å². The van der Waals surface area contributed by atoms with Crippen LogP contribution in [-0.2, 0) is 14.3 Å². The zero-order chi connectivity index (χ0) is 13.3. The van der Waals surface area contributed by atoms with E-state index in [1.807, 2.05) is 0 Å². The molecule has 1 unspecified atom stereocenters. The molecule has 1 atom stereocenters. The van der Waals surface area contributed by atoms with E-state index in [0.717, 1.165) is 25.7 Å². The highest BCUT2D eigenvalue weighted by Crippen LogP contribution is 2.43. The normalized spacial score (nSPS) is 27.2. The molecule has 19 heavy (non-hydrogen) atoms. The van der Waals surface area contributed by atoms with Crippen molar-refractivity contribution in [3.63, 3.8) is 0 Å². The summed E-state index contributed by atoms with van der Waals surface area (Å²) in [4.78, 5) is 12.3. The van der Waals surface area contributed by atoms with Gasteiger partial charge in [0.25, 0.3) is 0 Å². The maximum Gasteiger partial charge on any atom is 0.328 e. The molecule has 3 fully saturated rings. The summed E-state index contributed by atoms with van der Waals surface area (Å²) in [5.74, 6) is 0.279. The number of nitrogens with one attached hydrogen (secondary N) is 1. The Bertz CT molecular complexity index is 332. The summed E-state index contributed by atoms with van der Waals surface area (Å²) < 4.78 is 11.1. The maximum atomic E-state index is 12.3. The monoisotopic (exact) mass is 267 g/mol. The number of hydrogen-bond donors (Lipinski definition) is 1. The van der Waals surface area contributed by atoms with Gasteiger partial charge in [-0.05, 0) is 44.4 Å². The Morgan fingerprint density at radius 1 is 1.16 bits per heavy atom. The Labute approximate surface area is 115 Å². The molecule has 4 heteroatoms. The summed E-state index contributed by atoms with van der Waals surface area (Å²) in [5, 5.41) is 3.54. The molecule has 0 amide bonds. The zero-order valence-electron chi connectivity index (χ0n) is 11.8. The summed E-state index contributed by atoms with van der Waals surface area (Å²) in [6.45, 7) is 0.492. The smallest absolute Gasteiger partial charge is 0.328 e. The van der Waals surface area contributed by atoms with E-state index in [1.54, 1.807) is 0 Å². The van der Waals surface area contributed by atoms with Crippen LogP contribution in [0.15, 0.2) is 0 Å². The molecule has 0 heterocycles. The van der Waals surface area contributed by atoms with Gasteiger partial charge in [0.2, 0.25) is 0 Å². The van der Waals surface area contributed by atoms with Crippen LogP contribution in [0.1, 0.15) is 51.4 Å². The van der Waals surface area contributed by atoms with Gasteiger partial charge >= 0.3 is 5.97 Å². The molecule has 0 saturated heterocycles. The molecule has 0 radical (unpaired) electrons. The second-order valence-corrected chi connectivity index (χ2v) is 6.37. The first kappa shape index (κ1) is 13.4. The lowest BCUT2D eigenvalue weighted by molar-refractivity contribution is -0.154. The summed E-state index contributed by atoms with van der Waals surface area (Å²) in [7, 11) is 1.49. The Kier molecular flexibility index (Phi) is 3.81. The number of methoxy groups -OCH3 is 1. The van der Waals surface area contributed by atoms with Crippen molar-refractivity contribution >= 4 is 5.97 Å². The number of carbonyl (C=O) groups excluding carboxylic acids is 1. The summed E-state index contributed by atoms with van der Waals surface area (Å²) in [5.41, 5.74) is -0.571. The van der Waals surface area contributed by atoms with Crippen molar-refractivity contribution in [3.05, 3.63) is 0 Å². The lowest BCUT2D eigenvalue weighted by atomic mass is 9.93. The molecule has 3 aliphatic carbocycles. The first-order valence-corrected chi connectivity index (χ1v) is 7.72. The third kappa shape index (κ3) is 2.95. The summed E-state index contributed by atoms with van der Waals surface area (Å²) in [6.07, 6.45) is 9.74. The average Bonchev–Trinajstić information content (AvgIpc) is 3.34. The van der Waals surface area contributed by atoms with Crippen molar-refractivity contribution in [1.82, 2.24) is 5.32 Å². The molecule has 0 aliphatic heterocycles. The predicted octanol–water partition coefficient (Wildman–Crippen LogP) is 2.02. The van der Waals surface area contributed by atoms with Crippen LogP contribution in [0, 0.1) is 5.92 Å². The van der Waals surface area contributed by atoms with Gasteiger partial charge in [-0.1, -0.05) is 12.8 Å². The van der Waals surface area contributed by atoms with Gasteiger partial charge in [-0.15, -0.1) is 0 Å². The van der Waals surface area contributed by atoms with Gasteiger partial charge in [0.05, 0.1) is 19.8 Å². The molecule has 0 aromatic heterocycles. The third-order valence-electron chi connectivity index (χ3n) is 4.71. The van der Waals surface area contributed by atoms with Crippen molar-refractivity contribution in [2.24, 2.45) is 5.92 Å². The van der Waals surface area contributed by atoms with Crippen LogP contribution in [0.5, 0.6) is 0 Å². The van der Waals surface area contributed by atoms with Crippen LogP contribution < -0.4 is 5.32 Å². The fraction of sp³-hybridized carbons (Fsp3) is 0.933. The highest BCUT2D eigenvalue weighted by atomic mass is 16.5. The number of esters is 1. The second-order valence-electron chi connectivity index (χ2n) is 6.37. The molecule has 0 spiro atoms. The molecule has 0 bridgehead atoms. The van der Waals surface area contributed by atoms with Gasteiger partial charge < -0.3 is 9.47 Å². The molecular formula is C15H25NO3. The van der Waals surface area contributed by atoms with E-state index in [4.69, 9.17) is 9.47 Å². The standard InChI is InChI=1S/C15H25NO3/c1-18-14(17)15(11-6-7-11,16-12-8-9-12)10-19-13-4-2-3-5-13/h11-13,16H,2-10H2,1H3. The number of rotatable bonds is 7. The minimum Gasteiger partial charge on any atom is -0.468 e. The highest BCUT2D eigenvalue weighted by Gasteiger charge is 2.54. The molecule has 3 rings (SSSR count). The maximum absolute atomic E-state index is 12.3. The lowest BCUT2D eigenvalue weighted by Gasteiger charge is -2.33. The van der Waals surface area contributed by atoms with E-state index < -0.39 is 5.54 Å². The Morgan fingerprint density at radius 2 is 1.84 bits per heavy atom. The quantitative estimate of drug-likeness (QED) is 0.717. The minimum atomic E-state index is -0.571. The van der Waals surface area contributed by atoms with Crippen molar-refractivity contribution in [3.8, 4) is 0 Å². The van der Waals surface area contributed by atoms with E-state index in [-0.39, 0.29) is 5.97 Å². The van der Waals surface area contributed by atoms with E-state index in [9.17, 15) is 4.79 Å². The van der Waals surface area contributed by atoms with E-state index in [2.05, 4.69) is 5.32 Å². The minimum absolute atomic E-state index is 0.125. The second kappa shape index (κ2) is 5.41. The van der Waals surface area contributed by atoms with Crippen LogP contribution in [0.3, 0.4) is 0 Å². The molecule has 1 N–H and O–H groups in total. The van der Waals surface area contributed by atoms with E-state index in [0.29, 0.717) is 24.7 Å². The Morgan fingerprint density at radius 3 is 2.37 bits per heavy atom. The molecule has 0 aromatic rings. The molecule has 3 saturated carbocycles. The molecular weight excluding hydrogens is 242 g/mol. The molecule has 108 valence electrons. The number of carbonyl (C=O) groups is 1. The largest absolute Gasteiger partial charge is 0.468 e. The Hall–Kier alpha value is -0.610. The van der Waals surface area contributed by atoms with Crippen molar-refractivity contribution in [2.45, 2.75) is 69.1 Å². The first-order chi connectivity index (χ1) is 9.24. The lowest BCUT2D eigenvalue weighted by Crippen LogP contribution is -2.59. The van der Waals surface area contributed by atoms with Gasteiger partial charge in [0.1, 0.15) is 5.54 Å². The first-order valence-electron chi connectivity index (χ1n) is 7.72. The van der Waals surface area contributed by atoms with Crippen LogP contribution >= 0.6 is 0 Å². The van der Waals surface area contributed by atoms with Gasteiger partial charge in [-0.2, -0.15) is 0 Å². The van der Waals surface area contributed by atoms with Crippen LogP contribution in [0.2, 0.25) is 0 Å². The van der Waals surface area contributed by atoms with Crippen LogP contribution in [0.25, 0.3) is 0 Å². The van der Waals surface area contributed by atoms with Gasteiger partial charge in [-0.3, -0.25) is 5.32 Å². The Balaban J connectivity index is 1.67. The third-order valence-corrected chi connectivity index (χ3v) is 4.71. The summed E-state index contributed by atoms with van der Waals surface area (Å²) >= 11 is 0. The van der Waals surface area contributed by atoms with Crippen molar-refractivity contribution in [1.29, 1.82) is 0 Å². The van der Waals surface area contributed by atoms with E-state index >= 15 is 0 Å². The predicted molar refractivity (Wildman–Crippen MR) is 71.8 cm³/mol. The highest BCUT2D eigenvalue weighted by molar-refractivity contribution is 5.82. The topological polar surface area (TPSA) is 47.6 Å². The molecule has 0 aromatic carbocycles. The van der Waals surface area contributed by atoms with Crippen molar-refractivity contribution < 1.29 is 14.3 Å². The summed E-state index contributed by atoms with van der Waals surface area (Å²) in [6, 6.07) is 0.492. The van der Waals surface area contributed by atoms with Crippen molar-refractivity contribution in [2.75, 3.05) is 13.7 Å². The molecule has 3 aliphatic rings. The number of hydrogen-bond acceptors (Lipinski definition) is 4. The fourth-order valence-corrected chi connectivity index (χ4v) is 3.22. The van der Waals surface area contributed by atoms with Gasteiger partial charge in [-0.25, -0.2) is 4.79 Å². The zero-order valence-corrected chi connectivity index (χ0v) is 11.8. The van der Waals surface area contributed by atoms with Gasteiger partial charge in [0, 0.05) is 6.04 Å². The van der Waals surface area contributed by atoms with Crippen LogP contribution in [-0.4, -0.2) is 37.4 Å². The van der Waals surface area contributed by atoms with Gasteiger partial charge in [0.15, 0.2) is 0 Å². The average molecular weight is 267 g/mol. The number of ether oxygens (including phenoxy) is 2. The SMILES string of the molecule is COC(=O)C(COC1CCCC1)(NC1CC1)C1CC1. The molecule has 4 nitrogen and oxygen atoms in total. The van der Waals surface area contributed by atoms with Crippen LogP contribution in [0.4, 0.5) is 0 Å².